The average Bonchev–Trinajstić information content (AvgIpc) is 3.13. The first-order chi connectivity index (χ1) is 13.5. The van der Waals surface area contributed by atoms with E-state index in [0.717, 1.165) is 26.3 Å². The Morgan fingerprint density at radius 1 is 1.07 bits per heavy atom. The van der Waals surface area contributed by atoms with E-state index < -0.39 is 0 Å². The lowest BCUT2D eigenvalue weighted by Gasteiger charge is -2.35. The number of oxazole rings is 1. The standard InChI is InChI=1S/C22H30N4O2/c1-15(2)17-5-7-18(8-6-17)20(26-9-11-27-12-10-26)14-24-22-19(13-23)25-21(28-22)16(3)4/h5-8,15-16,20,24H,9-12,14H2,1-4H3/t20-/m1/s1. The molecule has 0 radical (unpaired) electrons. The van der Waals surface area contributed by atoms with E-state index in [2.05, 4.69) is 59.4 Å². The third-order valence-electron chi connectivity index (χ3n) is 5.17. The molecule has 1 N–H and O–H groups in total. The molecule has 6 heteroatoms. The fourth-order valence-electron chi connectivity index (χ4n) is 3.42. The SMILES string of the molecule is CC(C)c1ccc([C@@H](CNc2oc(C(C)C)nc2C#N)N2CCOCC2)cc1. The summed E-state index contributed by atoms with van der Waals surface area (Å²) in [6, 6.07) is 11.1. The second kappa shape index (κ2) is 9.22. The number of rotatable bonds is 7. The van der Waals surface area contributed by atoms with Gasteiger partial charge in [-0.05, 0) is 17.0 Å². The van der Waals surface area contributed by atoms with Crippen molar-refractivity contribution in [1.82, 2.24) is 9.88 Å². The van der Waals surface area contributed by atoms with E-state index in [1.165, 1.54) is 11.1 Å². The highest BCUT2D eigenvalue weighted by Gasteiger charge is 2.24. The molecule has 0 spiro atoms. The smallest absolute Gasteiger partial charge is 0.232 e. The van der Waals surface area contributed by atoms with E-state index in [0.29, 0.717) is 29.9 Å². The van der Waals surface area contributed by atoms with Crippen molar-refractivity contribution in [2.75, 3.05) is 38.2 Å². The van der Waals surface area contributed by atoms with Gasteiger partial charge in [0.15, 0.2) is 0 Å². The molecule has 0 amide bonds. The Morgan fingerprint density at radius 3 is 2.29 bits per heavy atom. The number of hydrogen-bond acceptors (Lipinski definition) is 6. The van der Waals surface area contributed by atoms with Crippen LogP contribution in [0.15, 0.2) is 28.7 Å². The maximum atomic E-state index is 9.39. The lowest BCUT2D eigenvalue weighted by molar-refractivity contribution is 0.0186. The molecule has 1 aliphatic rings. The number of aromatic nitrogens is 1. The van der Waals surface area contributed by atoms with E-state index in [-0.39, 0.29) is 12.0 Å². The largest absolute Gasteiger partial charge is 0.424 e. The molecular weight excluding hydrogens is 352 g/mol. The van der Waals surface area contributed by atoms with Crippen molar-refractivity contribution in [2.45, 2.75) is 45.6 Å². The molecule has 0 unspecified atom stereocenters. The fourth-order valence-corrected chi connectivity index (χ4v) is 3.42. The summed E-state index contributed by atoms with van der Waals surface area (Å²) in [5, 5.41) is 12.7. The second-order valence-electron chi connectivity index (χ2n) is 7.86. The summed E-state index contributed by atoms with van der Waals surface area (Å²) in [7, 11) is 0. The van der Waals surface area contributed by atoms with Gasteiger partial charge in [0.05, 0.1) is 19.3 Å². The van der Waals surface area contributed by atoms with Gasteiger partial charge in [-0.25, -0.2) is 4.98 Å². The van der Waals surface area contributed by atoms with E-state index in [9.17, 15) is 5.26 Å². The third kappa shape index (κ3) is 4.73. The molecule has 1 fully saturated rings. The quantitative estimate of drug-likeness (QED) is 0.770. The van der Waals surface area contributed by atoms with Crippen molar-refractivity contribution in [2.24, 2.45) is 0 Å². The predicted octanol–water partition coefficient (Wildman–Crippen LogP) is 4.28. The first-order valence-corrected chi connectivity index (χ1v) is 10.1. The number of hydrogen-bond donors (Lipinski definition) is 1. The average molecular weight is 383 g/mol. The minimum atomic E-state index is 0.140. The van der Waals surface area contributed by atoms with Crippen molar-refractivity contribution >= 4 is 5.88 Å². The minimum absolute atomic E-state index is 0.140. The van der Waals surface area contributed by atoms with Gasteiger partial charge in [0.1, 0.15) is 6.07 Å². The zero-order valence-electron chi connectivity index (χ0n) is 17.2. The monoisotopic (exact) mass is 382 g/mol. The zero-order chi connectivity index (χ0) is 20.1. The number of anilines is 1. The van der Waals surface area contributed by atoms with Gasteiger partial charge in [-0.1, -0.05) is 52.0 Å². The number of benzene rings is 1. The lowest BCUT2D eigenvalue weighted by atomic mass is 9.98. The molecule has 1 aliphatic heterocycles. The molecule has 0 aliphatic carbocycles. The molecule has 6 nitrogen and oxygen atoms in total. The molecule has 0 bridgehead atoms. The van der Waals surface area contributed by atoms with Crippen LogP contribution in [-0.2, 0) is 4.74 Å². The molecule has 3 rings (SSSR count). The van der Waals surface area contributed by atoms with Crippen LogP contribution in [0, 0.1) is 11.3 Å². The predicted molar refractivity (Wildman–Crippen MR) is 109 cm³/mol. The molecule has 1 saturated heterocycles. The van der Waals surface area contributed by atoms with Crippen LogP contribution in [0.4, 0.5) is 5.88 Å². The summed E-state index contributed by atoms with van der Waals surface area (Å²) < 4.78 is 11.3. The summed E-state index contributed by atoms with van der Waals surface area (Å²) in [6.07, 6.45) is 0. The number of nitrogens with zero attached hydrogens (tertiary/aromatic N) is 3. The van der Waals surface area contributed by atoms with E-state index in [1.54, 1.807) is 0 Å². The number of ether oxygens (including phenoxy) is 1. The highest BCUT2D eigenvalue weighted by molar-refractivity contribution is 5.46. The molecule has 28 heavy (non-hydrogen) atoms. The number of morpholine rings is 1. The van der Waals surface area contributed by atoms with Crippen LogP contribution in [0.1, 0.15) is 68.3 Å². The maximum Gasteiger partial charge on any atom is 0.232 e. The zero-order valence-corrected chi connectivity index (χ0v) is 17.2. The van der Waals surface area contributed by atoms with E-state index in [4.69, 9.17) is 9.15 Å². The Kier molecular flexibility index (Phi) is 6.71. The summed E-state index contributed by atoms with van der Waals surface area (Å²) in [5.41, 5.74) is 2.90. The van der Waals surface area contributed by atoms with Crippen LogP contribution < -0.4 is 5.32 Å². The summed E-state index contributed by atoms with van der Waals surface area (Å²) in [5.74, 6) is 1.70. The first kappa shape index (κ1) is 20.4. The van der Waals surface area contributed by atoms with E-state index >= 15 is 0 Å². The summed E-state index contributed by atoms with van der Waals surface area (Å²) in [4.78, 5) is 6.72. The fraction of sp³-hybridized carbons (Fsp3) is 0.545. The second-order valence-corrected chi connectivity index (χ2v) is 7.86. The lowest BCUT2D eigenvalue weighted by Crippen LogP contribution is -2.41. The van der Waals surface area contributed by atoms with Crippen LogP contribution in [0.5, 0.6) is 0 Å². The Labute approximate surface area is 167 Å². The van der Waals surface area contributed by atoms with E-state index in [1.807, 2.05) is 13.8 Å². The van der Waals surface area contributed by atoms with Crippen molar-refractivity contribution in [3.05, 3.63) is 47.0 Å². The van der Waals surface area contributed by atoms with Gasteiger partial charge in [0.25, 0.3) is 0 Å². The van der Waals surface area contributed by atoms with Crippen LogP contribution in [0.3, 0.4) is 0 Å². The van der Waals surface area contributed by atoms with Crippen molar-refractivity contribution in [3.63, 3.8) is 0 Å². The Morgan fingerprint density at radius 2 is 1.71 bits per heavy atom. The molecule has 0 saturated carbocycles. The Bertz CT molecular complexity index is 799. The summed E-state index contributed by atoms with van der Waals surface area (Å²) in [6.45, 7) is 12.3. The van der Waals surface area contributed by atoms with Crippen LogP contribution in [0.2, 0.25) is 0 Å². The number of nitrogens with one attached hydrogen (secondary N) is 1. The molecule has 1 aromatic heterocycles. The van der Waals surface area contributed by atoms with Gasteiger partial charge < -0.3 is 14.5 Å². The highest BCUT2D eigenvalue weighted by Crippen LogP contribution is 2.27. The van der Waals surface area contributed by atoms with Crippen molar-refractivity contribution in [1.29, 1.82) is 5.26 Å². The van der Waals surface area contributed by atoms with Crippen LogP contribution in [-0.4, -0.2) is 42.7 Å². The molecule has 2 heterocycles. The van der Waals surface area contributed by atoms with Gasteiger partial charge in [0.2, 0.25) is 17.5 Å². The van der Waals surface area contributed by atoms with Gasteiger partial charge in [-0.3, -0.25) is 4.90 Å². The van der Waals surface area contributed by atoms with Gasteiger partial charge in [-0.2, -0.15) is 5.26 Å². The molecule has 150 valence electrons. The molecule has 1 aromatic carbocycles. The summed E-state index contributed by atoms with van der Waals surface area (Å²) >= 11 is 0. The molecule has 2 aromatic rings. The van der Waals surface area contributed by atoms with Crippen LogP contribution >= 0.6 is 0 Å². The minimum Gasteiger partial charge on any atom is -0.424 e. The highest BCUT2D eigenvalue weighted by atomic mass is 16.5. The normalized spacial score (nSPS) is 16.3. The maximum absolute atomic E-state index is 9.39. The van der Waals surface area contributed by atoms with Crippen molar-refractivity contribution < 1.29 is 9.15 Å². The van der Waals surface area contributed by atoms with Gasteiger partial charge in [0, 0.05) is 25.6 Å². The van der Waals surface area contributed by atoms with Crippen molar-refractivity contribution in [3.8, 4) is 6.07 Å². The Balaban J connectivity index is 1.81. The number of nitriles is 1. The van der Waals surface area contributed by atoms with Gasteiger partial charge in [-0.15, -0.1) is 0 Å². The third-order valence-corrected chi connectivity index (χ3v) is 5.17. The molecule has 1 atom stereocenters. The van der Waals surface area contributed by atoms with Gasteiger partial charge >= 0.3 is 0 Å². The molecular formula is C22H30N4O2. The first-order valence-electron chi connectivity index (χ1n) is 10.1. The van der Waals surface area contributed by atoms with Crippen LogP contribution in [0.25, 0.3) is 0 Å². The Hall–Kier alpha value is -2.36. The topological polar surface area (TPSA) is 74.3 Å².